The molecule has 1 atom stereocenters. The number of carbonyl (C=O) groups is 2. The van der Waals surface area contributed by atoms with Crippen molar-refractivity contribution >= 4 is 17.6 Å². The van der Waals surface area contributed by atoms with E-state index in [2.05, 4.69) is 5.32 Å². The van der Waals surface area contributed by atoms with Crippen LogP contribution in [0.2, 0.25) is 0 Å². The van der Waals surface area contributed by atoms with E-state index in [1.807, 2.05) is 13.8 Å². The molecule has 0 saturated carbocycles. The summed E-state index contributed by atoms with van der Waals surface area (Å²) >= 11 is 0. The maximum absolute atomic E-state index is 12.5. The van der Waals surface area contributed by atoms with E-state index in [9.17, 15) is 9.59 Å². The SMILES string of the molecule is CCCO[C@](C)(CC)C(=O)Nc1ccc(OC)c(C(=O)OCC)c1. The third-order valence-electron chi connectivity index (χ3n) is 3.73. The molecule has 0 unspecified atom stereocenters. The minimum Gasteiger partial charge on any atom is -0.496 e. The first-order valence-electron chi connectivity index (χ1n) is 8.22. The van der Waals surface area contributed by atoms with Crippen molar-refractivity contribution in [2.24, 2.45) is 0 Å². The molecular weight excluding hydrogens is 310 g/mol. The number of amides is 1. The van der Waals surface area contributed by atoms with E-state index >= 15 is 0 Å². The van der Waals surface area contributed by atoms with Crippen molar-refractivity contribution in [3.63, 3.8) is 0 Å². The molecule has 0 aliphatic rings. The van der Waals surface area contributed by atoms with E-state index in [-0.39, 0.29) is 18.1 Å². The Labute approximate surface area is 143 Å². The fourth-order valence-electron chi connectivity index (χ4n) is 2.07. The van der Waals surface area contributed by atoms with Crippen molar-refractivity contribution in [1.29, 1.82) is 0 Å². The van der Waals surface area contributed by atoms with Gasteiger partial charge in [0.25, 0.3) is 5.91 Å². The van der Waals surface area contributed by atoms with Crippen LogP contribution < -0.4 is 10.1 Å². The fraction of sp³-hybridized carbons (Fsp3) is 0.556. The highest BCUT2D eigenvalue weighted by molar-refractivity contribution is 5.99. The monoisotopic (exact) mass is 337 g/mol. The smallest absolute Gasteiger partial charge is 0.341 e. The molecule has 0 aliphatic carbocycles. The van der Waals surface area contributed by atoms with Gasteiger partial charge in [0.15, 0.2) is 0 Å². The van der Waals surface area contributed by atoms with Crippen molar-refractivity contribution in [3.05, 3.63) is 23.8 Å². The summed E-state index contributed by atoms with van der Waals surface area (Å²) in [6.45, 7) is 8.14. The minimum atomic E-state index is -0.917. The minimum absolute atomic E-state index is 0.251. The molecule has 0 heterocycles. The Hall–Kier alpha value is -2.08. The Balaban J connectivity index is 3.00. The second kappa shape index (κ2) is 9.27. The van der Waals surface area contributed by atoms with E-state index in [1.54, 1.807) is 32.0 Å². The molecule has 0 radical (unpaired) electrons. The van der Waals surface area contributed by atoms with Crippen molar-refractivity contribution in [2.45, 2.75) is 46.1 Å². The van der Waals surface area contributed by atoms with Gasteiger partial charge in [-0.1, -0.05) is 13.8 Å². The van der Waals surface area contributed by atoms with Crippen molar-refractivity contribution < 1.29 is 23.8 Å². The van der Waals surface area contributed by atoms with Crippen LogP contribution in [0.3, 0.4) is 0 Å². The molecule has 0 spiro atoms. The van der Waals surface area contributed by atoms with Gasteiger partial charge in [-0.05, 0) is 44.9 Å². The van der Waals surface area contributed by atoms with Gasteiger partial charge in [0.1, 0.15) is 16.9 Å². The zero-order chi connectivity index (χ0) is 18.2. The molecule has 1 N–H and O–H groups in total. The Morgan fingerprint density at radius 2 is 1.92 bits per heavy atom. The molecule has 1 amide bonds. The molecule has 1 aromatic rings. The number of hydrogen-bond donors (Lipinski definition) is 1. The van der Waals surface area contributed by atoms with E-state index in [1.165, 1.54) is 7.11 Å². The molecule has 6 nitrogen and oxygen atoms in total. The van der Waals surface area contributed by atoms with Gasteiger partial charge in [-0.25, -0.2) is 4.79 Å². The van der Waals surface area contributed by atoms with Crippen LogP contribution in [0.25, 0.3) is 0 Å². The Kier molecular flexibility index (Phi) is 7.71. The maximum Gasteiger partial charge on any atom is 0.341 e. The zero-order valence-electron chi connectivity index (χ0n) is 15.1. The normalized spacial score (nSPS) is 13.0. The fourth-order valence-corrected chi connectivity index (χ4v) is 2.07. The highest BCUT2D eigenvalue weighted by atomic mass is 16.5. The third kappa shape index (κ3) is 4.96. The van der Waals surface area contributed by atoms with Gasteiger partial charge in [0.2, 0.25) is 0 Å². The van der Waals surface area contributed by atoms with Gasteiger partial charge in [-0.15, -0.1) is 0 Å². The lowest BCUT2D eigenvalue weighted by molar-refractivity contribution is -0.139. The van der Waals surface area contributed by atoms with Crippen LogP contribution in [0.15, 0.2) is 18.2 Å². The Morgan fingerprint density at radius 1 is 1.21 bits per heavy atom. The number of methoxy groups -OCH3 is 1. The lowest BCUT2D eigenvalue weighted by atomic mass is 10.0. The largest absolute Gasteiger partial charge is 0.496 e. The van der Waals surface area contributed by atoms with Gasteiger partial charge in [-0.3, -0.25) is 4.79 Å². The number of hydrogen-bond acceptors (Lipinski definition) is 5. The van der Waals surface area contributed by atoms with Crippen molar-refractivity contribution in [2.75, 3.05) is 25.6 Å². The summed E-state index contributed by atoms with van der Waals surface area (Å²) in [5, 5.41) is 2.80. The number of carbonyl (C=O) groups excluding carboxylic acids is 2. The molecule has 134 valence electrons. The van der Waals surface area contributed by atoms with Gasteiger partial charge in [0, 0.05) is 12.3 Å². The Bertz CT molecular complexity index is 573. The van der Waals surface area contributed by atoms with E-state index in [0.29, 0.717) is 24.5 Å². The molecule has 0 fully saturated rings. The van der Waals surface area contributed by atoms with Gasteiger partial charge in [0.05, 0.1) is 13.7 Å². The van der Waals surface area contributed by atoms with Gasteiger partial charge >= 0.3 is 5.97 Å². The van der Waals surface area contributed by atoms with Crippen LogP contribution in [-0.2, 0) is 14.3 Å². The second-order valence-electron chi connectivity index (χ2n) is 5.52. The zero-order valence-corrected chi connectivity index (χ0v) is 15.1. The standard InChI is InChI=1S/C18H27NO5/c1-6-11-24-18(4,7-2)17(21)19-13-9-10-15(22-5)14(12-13)16(20)23-8-3/h9-10,12H,6-8,11H2,1-5H3,(H,19,21)/t18-/m1/s1. The lowest BCUT2D eigenvalue weighted by Gasteiger charge is -2.27. The second-order valence-corrected chi connectivity index (χ2v) is 5.52. The molecule has 1 rings (SSSR count). The predicted octanol–water partition coefficient (Wildman–Crippen LogP) is 3.41. The molecule has 24 heavy (non-hydrogen) atoms. The molecule has 0 bridgehead atoms. The summed E-state index contributed by atoms with van der Waals surface area (Å²) in [6, 6.07) is 4.85. The van der Waals surface area contributed by atoms with Crippen LogP contribution in [-0.4, -0.2) is 37.8 Å². The summed E-state index contributed by atoms with van der Waals surface area (Å²) in [6.07, 6.45) is 1.37. The van der Waals surface area contributed by atoms with Crippen LogP contribution >= 0.6 is 0 Å². The van der Waals surface area contributed by atoms with Crippen LogP contribution in [0, 0.1) is 0 Å². The summed E-state index contributed by atoms with van der Waals surface area (Å²) in [7, 11) is 1.48. The summed E-state index contributed by atoms with van der Waals surface area (Å²) in [5.74, 6) is -0.351. The van der Waals surface area contributed by atoms with Gasteiger partial charge in [-0.2, -0.15) is 0 Å². The average Bonchev–Trinajstić information content (AvgIpc) is 2.59. The summed E-state index contributed by atoms with van der Waals surface area (Å²) in [4.78, 5) is 24.6. The first kappa shape index (κ1) is 20.0. The third-order valence-corrected chi connectivity index (χ3v) is 3.73. The number of benzene rings is 1. The Morgan fingerprint density at radius 3 is 2.46 bits per heavy atom. The molecule has 0 aliphatic heterocycles. The van der Waals surface area contributed by atoms with Crippen molar-refractivity contribution in [3.8, 4) is 5.75 Å². The number of rotatable bonds is 9. The van der Waals surface area contributed by atoms with Gasteiger partial charge < -0.3 is 19.5 Å². The molecule has 0 saturated heterocycles. The number of esters is 1. The number of ether oxygens (including phenoxy) is 3. The van der Waals surface area contributed by atoms with Crippen molar-refractivity contribution in [1.82, 2.24) is 0 Å². The first-order chi connectivity index (χ1) is 11.4. The molecule has 6 heteroatoms. The first-order valence-corrected chi connectivity index (χ1v) is 8.22. The summed E-state index contributed by atoms with van der Waals surface area (Å²) in [5.41, 5.74) is -0.159. The predicted molar refractivity (Wildman–Crippen MR) is 92.5 cm³/mol. The molecule has 0 aromatic heterocycles. The molecule has 1 aromatic carbocycles. The molecular formula is C18H27NO5. The number of nitrogens with one attached hydrogen (secondary N) is 1. The van der Waals surface area contributed by atoms with Crippen LogP contribution in [0.1, 0.15) is 50.9 Å². The topological polar surface area (TPSA) is 73.9 Å². The average molecular weight is 337 g/mol. The van der Waals surface area contributed by atoms with Crippen LogP contribution in [0.4, 0.5) is 5.69 Å². The number of anilines is 1. The maximum atomic E-state index is 12.5. The quantitative estimate of drug-likeness (QED) is 0.699. The summed E-state index contributed by atoms with van der Waals surface area (Å²) < 4.78 is 15.9. The highest BCUT2D eigenvalue weighted by Crippen LogP contribution is 2.25. The van der Waals surface area contributed by atoms with E-state index in [4.69, 9.17) is 14.2 Å². The van der Waals surface area contributed by atoms with E-state index in [0.717, 1.165) is 6.42 Å². The van der Waals surface area contributed by atoms with E-state index < -0.39 is 11.6 Å². The highest BCUT2D eigenvalue weighted by Gasteiger charge is 2.32. The lowest BCUT2D eigenvalue weighted by Crippen LogP contribution is -2.42. The van der Waals surface area contributed by atoms with Crippen LogP contribution in [0.5, 0.6) is 5.75 Å².